The molecular weight excluding hydrogens is 478 g/mol. The van der Waals surface area contributed by atoms with Crippen molar-refractivity contribution in [2.24, 2.45) is 0 Å². The van der Waals surface area contributed by atoms with Crippen LogP contribution in [0.3, 0.4) is 0 Å². The van der Waals surface area contributed by atoms with Gasteiger partial charge in [-0.2, -0.15) is 0 Å². The standard InChI is InChI=1S/C23H27N3O6S2/c27-21-17-20(33(28,29)25-19-7-2-1-3-8-19)16-18-6-4-9-22(23(18)21)34(30,31)24-10-5-11-26-12-14-32-15-13-26/h1-4,6-9,16-17,24-25,27H,5,10-15H2. The van der Waals surface area contributed by atoms with Crippen LogP contribution in [0.5, 0.6) is 5.75 Å². The van der Waals surface area contributed by atoms with Crippen LogP contribution >= 0.6 is 0 Å². The van der Waals surface area contributed by atoms with E-state index < -0.39 is 25.8 Å². The van der Waals surface area contributed by atoms with E-state index in [-0.39, 0.29) is 21.7 Å². The fourth-order valence-electron chi connectivity index (χ4n) is 3.86. The monoisotopic (exact) mass is 505 g/mol. The van der Waals surface area contributed by atoms with Gasteiger partial charge in [-0.1, -0.05) is 30.3 Å². The summed E-state index contributed by atoms with van der Waals surface area (Å²) in [6, 6.07) is 15.2. The molecule has 34 heavy (non-hydrogen) atoms. The summed E-state index contributed by atoms with van der Waals surface area (Å²) in [5, 5.41) is 11.0. The summed E-state index contributed by atoms with van der Waals surface area (Å²) < 4.78 is 62.0. The van der Waals surface area contributed by atoms with Gasteiger partial charge in [-0.05, 0) is 42.6 Å². The molecule has 1 saturated heterocycles. The lowest BCUT2D eigenvalue weighted by Gasteiger charge is -2.26. The van der Waals surface area contributed by atoms with Crippen molar-refractivity contribution >= 4 is 36.5 Å². The van der Waals surface area contributed by atoms with Gasteiger partial charge in [0.25, 0.3) is 10.0 Å². The third-order valence-electron chi connectivity index (χ3n) is 5.56. The molecule has 0 radical (unpaired) electrons. The first kappa shape index (κ1) is 24.4. The molecule has 3 aromatic rings. The Morgan fingerprint density at radius 3 is 2.38 bits per heavy atom. The van der Waals surface area contributed by atoms with Crippen LogP contribution in [0.2, 0.25) is 0 Å². The predicted octanol–water partition coefficient (Wildman–Crippen LogP) is 2.35. The number of hydrogen-bond acceptors (Lipinski definition) is 7. The minimum absolute atomic E-state index is 0.0711. The topological polar surface area (TPSA) is 125 Å². The van der Waals surface area contributed by atoms with Crippen LogP contribution in [0.4, 0.5) is 5.69 Å². The number of phenolic OH excluding ortho intramolecular Hbond substituents is 1. The summed E-state index contributed by atoms with van der Waals surface area (Å²) in [6.07, 6.45) is 0.628. The second-order valence-electron chi connectivity index (χ2n) is 7.97. The van der Waals surface area contributed by atoms with Gasteiger partial charge in [0.2, 0.25) is 10.0 Å². The molecule has 0 saturated carbocycles. The van der Waals surface area contributed by atoms with E-state index in [9.17, 15) is 21.9 Å². The van der Waals surface area contributed by atoms with Crippen molar-refractivity contribution in [2.45, 2.75) is 16.2 Å². The number of benzene rings is 3. The maximum absolute atomic E-state index is 13.0. The number of nitrogens with one attached hydrogen (secondary N) is 2. The molecule has 0 unspecified atom stereocenters. The van der Waals surface area contributed by atoms with Gasteiger partial charge < -0.3 is 9.84 Å². The number of sulfonamides is 2. The maximum atomic E-state index is 13.0. The van der Waals surface area contributed by atoms with E-state index in [4.69, 9.17) is 4.74 Å². The molecule has 4 rings (SSSR count). The summed E-state index contributed by atoms with van der Waals surface area (Å²) in [5.74, 6) is -0.430. The van der Waals surface area contributed by atoms with Crippen LogP contribution in [0.1, 0.15) is 6.42 Å². The largest absolute Gasteiger partial charge is 0.507 e. The van der Waals surface area contributed by atoms with Crippen molar-refractivity contribution < 1.29 is 26.7 Å². The molecule has 0 atom stereocenters. The minimum atomic E-state index is -3.99. The van der Waals surface area contributed by atoms with Crippen molar-refractivity contribution in [3.63, 3.8) is 0 Å². The van der Waals surface area contributed by atoms with Gasteiger partial charge in [-0.3, -0.25) is 9.62 Å². The molecule has 182 valence electrons. The van der Waals surface area contributed by atoms with E-state index in [0.717, 1.165) is 25.7 Å². The molecule has 3 aromatic carbocycles. The third-order valence-corrected chi connectivity index (χ3v) is 8.43. The second kappa shape index (κ2) is 10.3. The number of fused-ring (bicyclic) bond motifs is 1. The highest BCUT2D eigenvalue weighted by Gasteiger charge is 2.23. The maximum Gasteiger partial charge on any atom is 0.262 e. The fourth-order valence-corrected chi connectivity index (χ4v) is 6.29. The Morgan fingerprint density at radius 1 is 0.912 bits per heavy atom. The zero-order valence-corrected chi connectivity index (χ0v) is 20.1. The highest BCUT2D eigenvalue weighted by atomic mass is 32.2. The minimum Gasteiger partial charge on any atom is -0.507 e. The average Bonchev–Trinajstić information content (AvgIpc) is 2.82. The van der Waals surface area contributed by atoms with Crippen LogP contribution in [0, 0.1) is 0 Å². The van der Waals surface area contributed by atoms with E-state index in [0.29, 0.717) is 30.7 Å². The summed E-state index contributed by atoms with van der Waals surface area (Å²) in [4.78, 5) is 1.94. The van der Waals surface area contributed by atoms with Gasteiger partial charge >= 0.3 is 0 Å². The van der Waals surface area contributed by atoms with Crippen LogP contribution in [0.25, 0.3) is 10.8 Å². The zero-order valence-electron chi connectivity index (χ0n) is 18.5. The lowest BCUT2D eigenvalue weighted by atomic mass is 10.1. The predicted molar refractivity (Wildman–Crippen MR) is 130 cm³/mol. The average molecular weight is 506 g/mol. The van der Waals surface area contributed by atoms with Crippen molar-refractivity contribution in [3.8, 4) is 5.75 Å². The van der Waals surface area contributed by atoms with E-state index in [1.807, 2.05) is 0 Å². The Morgan fingerprint density at radius 2 is 1.65 bits per heavy atom. The molecule has 1 heterocycles. The van der Waals surface area contributed by atoms with Crippen molar-refractivity contribution in [3.05, 3.63) is 60.7 Å². The number of hydrogen-bond donors (Lipinski definition) is 3. The third kappa shape index (κ3) is 5.68. The van der Waals surface area contributed by atoms with Gasteiger partial charge in [0, 0.05) is 36.8 Å². The Bertz CT molecular complexity index is 1360. The lowest BCUT2D eigenvalue weighted by molar-refractivity contribution is 0.0376. The molecule has 0 spiro atoms. The fraction of sp³-hybridized carbons (Fsp3) is 0.304. The Balaban J connectivity index is 1.54. The van der Waals surface area contributed by atoms with Gasteiger partial charge in [0.05, 0.1) is 23.0 Å². The molecular formula is C23H27N3O6S2. The zero-order chi connectivity index (χ0) is 24.2. The number of nitrogens with zero attached hydrogens (tertiary/aromatic N) is 1. The number of morpholine rings is 1. The Kier molecular flexibility index (Phi) is 7.39. The van der Waals surface area contributed by atoms with Crippen molar-refractivity contribution in [1.82, 2.24) is 9.62 Å². The molecule has 0 amide bonds. The number of phenols is 1. The number of aromatic hydroxyl groups is 1. The van der Waals surface area contributed by atoms with Gasteiger partial charge in [0.15, 0.2) is 0 Å². The van der Waals surface area contributed by atoms with Crippen LogP contribution < -0.4 is 9.44 Å². The number of ether oxygens (including phenoxy) is 1. The molecule has 1 aliphatic rings. The van der Waals surface area contributed by atoms with Crippen LogP contribution in [-0.4, -0.2) is 66.2 Å². The quantitative estimate of drug-likeness (QED) is 0.381. The molecule has 0 aliphatic carbocycles. The van der Waals surface area contributed by atoms with E-state index in [1.165, 1.54) is 18.2 Å². The normalized spacial score (nSPS) is 15.4. The first-order valence-electron chi connectivity index (χ1n) is 10.9. The molecule has 1 fully saturated rings. The van der Waals surface area contributed by atoms with Crippen molar-refractivity contribution in [2.75, 3.05) is 44.1 Å². The molecule has 0 aromatic heterocycles. The van der Waals surface area contributed by atoms with Gasteiger partial charge in [-0.15, -0.1) is 0 Å². The Hall–Kier alpha value is -2.70. The number of rotatable bonds is 9. The first-order chi connectivity index (χ1) is 16.3. The lowest BCUT2D eigenvalue weighted by Crippen LogP contribution is -2.38. The van der Waals surface area contributed by atoms with E-state index >= 15 is 0 Å². The highest BCUT2D eigenvalue weighted by molar-refractivity contribution is 7.92. The first-order valence-corrected chi connectivity index (χ1v) is 13.9. The molecule has 3 N–H and O–H groups in total. The highest BCUT2D eigenvalue weighted by Crippen LogP contribution is 2.34. The number of anilines is 1. The molecule has 9 nitrogen and oxygen atoms in total. The van der Waals surface area contributed by atoms with Crippen molar-refractivity contribution in [1.29, 1.82) is 0 Å². The van der Waals surface area contributed by atoms with E-state index in [2.05, 4.69) is 14.3 Å². The van der Waals surface area contributed by atoms with E-state index in [1.54, 1.807) is 36.4 Å². The van der Waals surface area contributed by atoms with Gasteiger partial charge in [-0.25, -0.2) is 21.6 Å². The SMILES string of the molecule is O=S(=O)(Nc1ccccc1)c1cc(O)c2c(S(=O)(=O)NCCCN3CCOCC3)cccc2c1. The Labute approximate surface area is 199 Å². The summed E-state index contributed by atoms with van der Waals surface area (Å²) in [7, 11) is -7.92. The molecule has 1 aliphatic heterocycles. The molecule has 0 bridgehead atoms. The van der Waals surface area contributed by atoms with Gasteiger partial charge in [0.1, 0.15) is 5.75 Å². The summed E-state index contributed by atoms with van der Waals surface area (Å²) in [5.41, 5.74) is 0.375. The van der Waals surface area contributed by atoms with Crippen LogP contribution in [0.15, 0.2) is 70.5 Å². The number of para-hydroxylation sites is 1. The summed E-state index contributed by atoms with van der Waals surface area (Å²) >= 11 is 0. The van der Waals surface area contributed by atoms with Crippen LogP contribution in [-0.2, 0) is 24.8 Å². The summed E-state index contributed by atoms with van der Waals surface area (Å²) in [6.45, 7) is 4.01. The second-order valence-corrected chi connectivity index (χ2v) is 11.4. The smallest absolute Gasteiger partial charge is 0.262 e. The molecule has 11 heteroatoms.